The molecule has 1 atom stereocenters. The van der Waals surface area contributed by atoms with Gasteiger partial charge < -0.3 is 5.32 Å². The lowest BCUT2D eigenvalue weighted by Gasteiger charge is -2.14. The number of nitrogens with one attached hydrogen (secondary N) is 1. The molecule has 2 rings (SSSR count). The van der Waals surface area contributed by atoms with Crippen molar-refractivity contribution in [3.63, 3.8) is 0 Å². The number of aryl methyl sites for hydroxylation is 2. The lowest BCUT2D eigenvalue weighted by Crippen LogP contribution is -2.07. The first-order chi connectivity index (χ1) is 8.06. The van der Waals surface area contributed by atoms with Gasteiger partial charge in [0.25, 0.3) is 0 Å². The molecule has 0 aliphatic carbocycles. The highest BCUT2D eigenvalue weighted by atomic mass is 79.9. The molecule has 2 nitrogen and oxygen atoms in total. The van der Waals surface area contributed by atoms with Crippen molar-refractivity contribution in [1.29, 1.82) is 0 Å². The van der Waals surface area contributed by atoms with Crippen LogP contribution in [-0.4, -0.2) is 4.98 Å². The topological polar surface area (TPSA) is 24.9 Å². The quantitative estimate of drug-likeness (QED) is 0.889. The van der Waals surface area contributed by atoms with E-state index in [-0.39, 0.29) is 6.04 Å². The first kappa shape index (κ1) is 12.6. The van der Waals surface area contributed by atoms with Gasteiger partial charge in [0.15, 0.2) is 0 Å². The van der Waals surface area contributed by atoms with Crippen molar-refractivity contribution in [2.75, 3.05) is 5.32 Å². The van der Waals surface area contributed by atoms with Gasteiger partial charge >= 0.3 is 0 Å². The molecule has 0 bridgehead atoms. The summed E-state index contributed by atoms with van der Waals surface area (Å²) in [7, 11) is 0. The van der Waals surface area contributed by atoms with Crippen molar-refractivity contribution < 1.29 is 0 Å². The van der Waals surface area contributed by atoms with Crippen LogP contribution >= 0.6 is 27.3 Å². The third kappa shape index (κ3) is 3.07. The van der Waals surface area contributed by atoms with Crippen molar-refractivity contribution in [3.8, 4) is 0 Å². The highest BCUT2D eigenvalue weighted by Crippen LogP contribution is 2.27. The van der Waals surface area contributed by atoms with E-state index in [0.717, 1.165) is 20.9 Å². The Morgan fingerprint density at radius 2 is 2.12 bits per heavy atom. The molecule has 0 aliphatic rings. The van der Waals surface area contributed by atoms with Crippen LogP contribution in [0.3, 0.4) is 0 Å². The monoisotopic (exact) mass is 310 g/mol. The second-order valence-electron chi connectivity index (χ2n) is 4.14. The van der Waals surface area contributed by atoms with E-state index in [2.05, 4.69) is 63.7 Å². The summed E-state index contributed by atoms with van der Waals surface area (Å²) < 4.78 is 1.09. The molecule has 4 heteroatoms. The predicted octanol–water partition coefficient (Wildman–Crippen LogP) is 4.70. The minimum atomic E-state index is 0.221. The Balaban J connectivity index is 2.15. The minimum Gasteiger partial charge on any atom is -0.376 e. The van der Waals surface area contributed by atoms with Gasteiger partial charge in [0.1, 0.15) is 0 Å². The Labute approximate surface area is 114 Å². The number of rotatable bonds is 3. The largest absolute Gasteiger partial charge is 0.376 e. The standard InChI is InChI=1S/C13H15BrN2S/c1-8-4-5-12(11(14)6-8)15-9(2)13-7-17-10(3)16-13/h4-7,9,15H,1-3H3. The van der Waals surface area contributed by atoms with Gasteiger partial charge in [0.2, 0.25) is 0 Å². The first-order valence-electron chi connectivity index (χ1n) is 5.51. The Bertz CT molecular complexity index is 522. The molecular weight excluding hydrogens is 296 g/mol. The Morgan fingerprint density at radius 1 is 1.35 bits per heavy atom. The Morgan fingerprint density at radius 3 is 2.71 bits per heavy atom. The molecule has 0 spiro atoms. The highest BCUT2D eigenvalue weighted by molar-refractivity contribution is 9.10. The van der Waals surface area contributed by atoms with Crippen molar-refractivity contribution >= 4 is 33.0 Å². The summed E-state index contributed by atoms with van der Waals surface area (Å²) in [6.45, 7) is 6.24. The third-order valence-corrected chi connectivity index (χ3v) is 4.02. The molecule has 0 saturated carbocycles. The molecule has 1 aromatic heterocycles. The molecule has 2 aromatic rings. The van der Waals surface area contributed by atoms with Gasteiger partial charge in [-0.2, -0.15) is 0 Å². The molecule has 0 radical (unpaired) electrons. The third-order valence-electron chi connectivity index (χ3n) is 2.58. The number of thiazole rings is 1. The average molecular weight is 311 g/mol. The molecule has 1 heterocycles. The number of halogens is 1. The molecule has 17 heavy (non-hydrogen) atoms. The van der Waals surface area contributed by atoms with Crippen LogP contribution in [0.1, 0.15) is 29.2 Å². The van der Waals surface area contributed by atoms with Crippen molar-refractivity contribution in [2.45, 2.75) is 26.8 Å². The van der Waals surface area contributed by atoms with Crippen LogP contribution in [-0.2, 0) is 0 Å². The van der Waals surface area contributed by atoms with Gasteiger partial charge in [-0.25, -0.2) is 4.98 Å². The molecule has 0 aliphatic heterocycles. The van der Waals surface area contributed by atoms with Crippen LogP contribution < -0.4 is 5.32 Å². The van der Waals surface area contributed by atoms with Crippen LogP contribution in [0, 0.1) is 13.8 Å². The molecule has 1 unspecified atom stereocenters. The van der Waals surface area contributed by atoms with E-state index in [0.29, 0.717) is 0 Å². The summed E-state index contributed by atoms with van der Waals surface area (Å²) in [4.78, 5) is 4.49. The zero-order chi connectivity index (χ0) is 12.4. The fraction of sp³-hybridized carbons (Fsp3) is 0.308. The molecule has 0 fully saturated rings. The van der Waals surface area contributed by atoms with E-state index in [9.17, 15) is 0 Å². The maximum atomic E-state index is 4.49. The second kappa shape index (κ2) is 5.19. The van der Waals surface area contributed by atoms with Crippen LogP contribution in [0.4, 0.5) is 5.69 Å². The van der Waals surface area contributed by atoms with Crippen LogP contribution in [0.5, 0.6) is 0 Å². The summed E-state index contributed by atoms with van der Waals surface area (Å²) >= 11 is 5.26. The van der Waals surface area contributed by atoms with Gasteiger partial charge in [-0.15, -0.1) is 11.3 Å². The minimum absolute atomic E-state index is 0.221. The molecule has 1 N–H and O–H groups in total. The average Bonchev–Trinajstić information content (AvgIpc) is 2.69. The van der Waals surface area contributed by atoms with Gasteiger partial charge in [-0.3, -0.25) is 0 Å². The van der Waals surface area contributed by atoms with Gasteiger partial charge in [-0.1, -0.05) is 6.07 Å². The van der Waals surface area contributed by atoms with Crippen molar-refractivity contribution in [2.24, 2.45) is 0 Å². The Kier molecular flexibility index (Phi) is 3.84. The highest BCUT2D eigenvalue weighted by Gasteiger charge is 2.10. The SMILES string of the molecule is Cc1ccc(NC(C)c2csc(C)n2)c(Br)c1. The molecular formula is C13H15BrN2S. The van der Waals surface area contributed by atoms with E-state index < -0.39 is 0 Å². The summed E-state index contributed by atoms with van der Waals surface area (Å²) in [5, 5.41) is 6.68. The lowest BCUT2D eigenvalue weighted by molar-refractivity contribution is 0.844. The number of hydrogen-bond donors (Lipinski definition) is 1. The zero-order valence-electron chi connectivity index (χ0n) is 10.1. The maximum absolute atomic E-state index is 4.49. The number of nitrogens with zero attached hydrogens (tertiary/aromatic N) is 1. The van der Waals surface area contributed by atoms with E-state index in [4.69, 9.17) is 0 Å². The fourth-order valence-corrected chi connectivity index (χ4v) is 2.94. The van der Waals surface area contributed by atoms with E-state index >= 15 is 0 Å². The summed E-state index contributed by atoms with van der Waals surface area (Å²) in [5.41, 5.74) is 3.45. The van der Waals surface area contributed by atoms with Gasteiger partial charge in [-0.05, 0) is 54.4 Å². The summed E-state index contributed by atoms with van der Waals surface area (Å²) in [5.74, 6) is 0. The van der Waals surface area contributed by atoms with Gasteiger partial charge in [0.05, 0.1) is 16.7 Å². The zero-order valence-corrected chi connectivity index (χ0v) is 12.5. The predicted molar refractivity (Wildman–Crippen MR) is 77.8 cm³/mol. The summed E-state index contributed by atoms with van der Waals surface area (Å²) in [6, 6.07) is 6.53. The van der Waals surface area contributed by atoms with Crippen LogP contribution in [0.2, 0.25) is 0 Å². The van der Waals surface area contributed by atoms with E-state index in [1.165, 1.54) is 5.56 Å². The smallest absolute Gasteiger partial charge is 0.0898 e. The summed E-state index contributed by atoms with van der Waals surface area (Å²) in [6.07, 6.45) is 0. The lowest BCUT2D eigenvalue weighted by atomic mass is 10.2. The fourth-order valence-electron chi connectivity index (χ4n) is 1.62. The number of anilines is 1. The molecule has 0 saturated heterocycles. The first-order valence-corrected chi connectivity index (χ1v) is 7.18. The van der Waals surface area contributed by atoms with Crippen molar-refractivity contribution in [3.05, 3.63) is 44.3 Å². The number of hydrogen-bond acceptors (Lipinski definition) is 3. The normalized spacial score (nSPS) is 12.5. The number of aromatic nitrogens is 1. The van der Waals surface area contributed by atoms with Crippen molar-refractivity contribution in [1.82, 2.24) is 4.98 Å². The molecule has 90 valence electrons. The Hall–Kier alpha value is -0.870. The van der Waals surface area contributed by atoms with Crippen LogP contribution in [0.25, 0.3) is 0 Å². The van der Waals surface area contributed by atoms with E-state index in [1.807, 2.05) is 6.92 Å². The number of benzene rings is 1. The molecule has 1 aromatic carbocycles. The van der Waals surface area contributed by atoms with Crippen LogP contribution in [0.15, 0.2) is 28.1 Å². The molecule has 0 amide bonds. The maximum Gasteiger partial charge on any atom is 0.0898 e. The van der Waals surface area contributed by atoms with Gasteiger partial charge in [0, 0.05) is 15.5 Å². The second-order valence-corrected chi connectivity index (χ2v) is 6.06. The van der Waals surface area contributed by atoms with E-state index in [1.54, 1.807) is 11.3 Å².